The van der Waals surface area contributed by atoms with Crippen molar-refractivity contribution in [2.75, 3.05) is 6.54 Å². The first-order valence-corrected chi connectivity index (χ1v) is 6.77. The van der Waals surface area contributed by atoms with E-state index in [0.29, 0.717) is 0 Å². The number of carbonyl (C=O) groups excluding carboxylic acids is 2. The Morgan fingerprint density at radius 3 is 2.75 bits per heavy atom. The van der Waals surface area contributed by atoms with E-state index in [9.17, 15) is 9.59 Å². The molecule has 0 unspecified atom stereocenters. The quantitative estimate of drug-likeness (QED) is 0.846. The van der Waals surface area contributed by atoms with Crippen LogP contribution in [0, 0.1) is 19.4 Å². The van der Waals surface area contributed by atoms with Gasteiger partial charge in [0.1, 0.15) is 6.10 Å². The number of piperidine rings is 1. The number of amides is 1. The Labute approximate surface area is 119 Å². The van der Waals surface area contributed by atoms with Crippen molar-refractivity contribution in [2.45, 2.75) is 25.9 Å². The van der Waals surface area contributed by atoms with Gasteiger partial charge in [0.25, 0.3) is 0 Å². The first-order valence-electron chi connectivity index (χ1n) is 6.77. The summed E-state index contributed by atoms with van der Waals surface area (Å²) in [5, 5.41) is 0. The summed E-state index contributed by atoms with van der Waals surface area (Å²) >= 11 is 0. The Morgan fingerprint density at radius 2 is 2.10 bits per heavy atom. The lowest BCUT2D eigenvalue weighted by Crippen LogP contribution is -2.38. The van der Waals surface area contributed by atoms with Gasteiger partial charge < -0.3 is 4.74 Å². The normalized spacial score (nSPS) is 16.9. The van der Waals surface area contributed by atoms with Crippen LogP contribution in [0.4, 0.5) is 4.79 Å². The van der Waals surface area contributed by atoms with E-state index in [0.717, 1.165) is 18.4 Å². The topological polar surface area (TPSA) is 46.6 Å². The molecule has 1 aromatic rings. The molecule has 20 heavy (non-hydrogen) atoms. The largest absolute Gasteiger partial charge is 0.441 e. The van der Waals surface area contributed by atoms with Crippen LogP contribution in [0.15, 0.2) is 30.3 Å². The van der Waals surface area contributed by atoms with Gasteiger partial charge in [-0.2, -0.15) is 0 Å². The van der Waals surface area contributed by atoms with Crippen molar-refractivity contribution in [3.05, 3.63) is 55.3 Å². The number of rotatable bonds is 4. The van der Waals surface area contributed by atoms with Crippen LogP contribution in [0.2, 0.25) is 0 Å². The highest BCUT2D eigenvalue weighted by Crippen LogP contribution is 2.24. The van der Waals surface area contributed by atoms with Crippen LogP contribution in [0.3, 0.4) is 0 Å². The molecule has 0 aliphatic carbocycles. The molecule has 1 atom stereocenters. The van der Waals surface area contributed by atoms with E-state index >= 15 is 0 Å². The van der Waals surface area contributed by atoms with E-state index in [4.69, 9.17) is 4.74 Å². The molecule has 4 nitrogen and oxygen atoms in total. The summed E-state index contributed by atoms with van der Waals surface area (Å²) < 4.78 is 5.53. The van der Waals surface area contributed by atoms with Crippen molar-refractivity contribution in [3.63, 3.8) is 0 Å². The zero-order chi connectivity index (χ0) is 14.4. The van der Waals surface area contributed by atoms with Gasteiger partial charge in [-0.3, -0.25) is 9.69 Å². The summed E-state index contributed by atoms with van der Waals surface area (Å²) in [6.45, 7) is 3.66. The van der Waals surface area contributed by atoms with Crippen LogP contribution < -0.4 is 0 Å². The smallest absolute Gasteiger partial charge is 0.411 e. The molecule has 1 fully saturated rings. The van der Waals surface area contributed by atoms with Crippen molar-refractivity contribution >= 4 is 11.9 Å². The maximum absolute atomic E-state index is 12.1. The summed E-state index contributed by atoms with van der Waals surface area (Å²) in [5.74, 6) is -0.101. The minimum atomic E-state index is -0.481. The lowest BCUT2D eigenvalue weighted by Gasteiger charge is -2.27. The molecule has 1 heterocycles. The Hall–Kier alpha value is -1.84. The molecule has 1 aliphatic rings. The summed E-state index contributed by atoms with van der Waals surface area (Å²) in [5.41, 5.74) is 0.974. The van der Waals surface area contributed by atoms with E-state index in [2.05, 4.69) is 0 Å². The zero-order valence-electron chi connectivity index (χ0n) is 11.5. The molecule has 1 saturated heterocycles. The van der Waals surface area contributed by atoms with Gasteiger partial charge in [-0.15, -0.1) is 0 Å². The predicted octanol–water partition coefficient (Wildman–Crippen LogP) is 3.12. The van der Waals surface area contributed by atoms with Crippen LogP contribution in [0.5, 0.6) is 0 Å². The molecule has 1 aromatic carbocycles. The Morgan fingerprint density at radius 1 is 1.35 bits per heavy atom. The van der Waals surface area contributed by atoms with Gasteiger partial charge >= 0.3 is 6.09 Å². The van der Waals surface area contributed by atoms with E-state index < -0.39 is 6.09 Å². The molecule has 0 bridgehead atoms. The fourth-order valence-electron chi connectivity index (χ4n) is 2.07. The second kappa shape index (κ2) is 7.08. The van der Waals surface area contributed by atoms with Crippen LogP contribution in [-0.2, 0) is 9.53 Å². The Kier molecular flexibility index (Phi) is 5.16. The third-order valence-corrected chi connectivity index (χ3v) is 3.07. The molecule has 0 N–H and O–H groups in total. The third-order valence-electron chi connectivity index (χ3n) is 3.07. The first kappa shape index (κ1) is 14.6. The fourth-order valence-corrected chi connectivity index (χ4v) is 2.07. The highest BCUT2D eigenvalue weighted by atomic mass is 16.6. The molecule has 105 valence electrons. The van der Waals surface area contributed by atoms with Crippen molar-refractivity contribution in [3.8, 4) is 0 Å². The number of likely N-dealkylation sites (tertiary alicyclic amines) is 1. The standard InChI is InChI=1S/C16H18NO3/c1-2-7-15(13-8-4-3-5-9-13)20-16(19)17-11-6-10-14(18)12-17/h3-6,8-11,15H,2,7,12H2,1H3/t15-/m0/s1. The van der Waals surface area contributed by atoms with Crippen molar-refractivity contribution in [1.29, 1.82) is 0 Å². The molecule has 0 spiro atoms. The number of ketones is 1. The zero-order valence-corrected chi connectivity index (χ0v) is 11.5. The number of carbonyl (C=O) groups is 2. The molecule has 1 aliphatic heterocycles. The Bertz CT molecular complexity index is 458. The molecule has 1 amide bonds. The van der Waals surface area contributed by atoms with Gasteiger partial charge in [0, 0.05) is 6.42 Å². The van der Waals surface area contributed by atoms with Crippen molar-refractivity contribution in [2.24, 2.45) is 0 Å². The highest BCUT2D eigenvalue weighted by molar-refractivity contribution is 5.94. The van der Waals surface area contributed by atoms with Gasteiger partial charge in [0.05, 0.1) is 13.1 Å². The van der Waals surface area contributed by atoms with Crippen LogP contribution >= 0.6 is 0 Å². The maximum Gasteiger partial charge on any atom is 0.411 e. The number of benzene rings is 1. The third kappa shape index (κ3) is 3.83. The second-order valence-corrected chi connectivity index (χ2v) is 4.67. The fraction of sp³-hybridized carbons (Fsp3) is 0.312. The van der Waals surface area contributed by atoms with Gasteiger partial charge in [-0.1, -0.05) is 43.7 Å². The van der Waals surface area contributed by atoms with Gasteiger partial charge in [-0.25, -0.2) is 4.79 Å². The molecule has 0 aromatic heterocycles. The van der Waals surface area contributed by atoms with Crippen LogP contribution in [0.25, 0.3) is 0 Å². The molecular formula is C16H18NO3. The number of Topliss-reactive ketones (excluding diaryl/α,β-unsaturated/α-hetero) is 1. The maximum atomic E-state index is 12.1. The van der Waals surface area contributed by atoms with E-state index in [1.165, 1.54) is 11.3 Å². The molecule has 0 saturated carbocycles. The SMILES string of the molecule is CCC[C@H](OC(=O)N1[CH][CH][CH]C(=O)C1)c1ccccc1. The lowest BCUT2D eigenvalue weighted by atomic mass is 10.1. The molecule has 2 rings (SSSR count). The summed E-state index contributed by atoms with van der Waals surface area (Å²) in [7, 11) is 0. The minimum Gasteiger partial charge on any atom is -0.441 e. The number of ether oxygens (including phenoxy) is 1. The summed E-state index contributed by atoms with van der Waals surface area (Å²) in [6.07, 6.45) is 3.92. The van der Waals surface area contributed by atoms with Crippen molar-refractivity contribution < 1.29 is 14.3 Å². The minimum absolute atomic E-state index is 0.0446. The van der Waals surface area contributed by atoms with Crippen LogP contribution in [0.1, 0.15) is 31.4 Å². The number of hydrogen-bond donors (Lipinski definition) is 0. The van der Waals surface area contributed by atoms with E-state index in [1.807, 2.05) is 37.3 Å². The van der Waals surface area contributed by atoms with Gasteiger partial charge in [-0.05, 0) is 18.4 Å². The molecule has 4 heteroatoms. The second-order valence-electron chi connectivity index (χ2n) is 4.67. The van der Waals surface area contributed by atoms with E-state index in [-0.39, 0.29) is 18.4 Å². The number of nitrogens with zero attached hydrogens (tertiary/aromatic N) is 1. The van der Waals surface area contributed by atoms with Crippen molar-refractivity contribution in [1.82, 2.24) is 4.90 Å². The van der Waals surface area contributed by atoms with Crippen LogP contribution in [-0.4, -0.2) is 23.3 Å². The average molecular weight is 272 g/mol. The first-order chi connectivity index (χ1) is 9.70. The summed E-state index contributed by atoms with van der Waals surface area (Å²) in [4.78, 5) is 24.7. The number of hydrogen-bond acceptors (Lipinski definition) is 3. The Balaban J connectivity index is 2.00. The lowest BCUT2D eigenvalue weighted by molar-refractivity contribution is -0.117. The van der Waals surface area contributed by atoms with E-state index in [1.54, 1.807) is 13.0 Å². The van der Waals surface area contributed by atoms with Gasteiger partial charge in [0.15, 0.2) is 5.78 Å². The predicted molar refractivity (Wildman–Crippen MR) is 75.2 cm³/mol. The molecular weight excluding hydrogens is 254 g/mol. The van der Waals surface area contributed by atoms with Gasteiger partial charge in [0.2, 0.25) is 0 Å². The monoisotopic (exact) mass is 272 g/mol. The highest BCUT2D eigenvalue weighted by Gasteiger charge is 2.26. The average Bonchev–Trinajstić information content (AvgIpc) is 2.47. The summed E-state index contributed by atoms with van der Waals surface area (Å²) in [6, 6.07) is 9.66. The molecule has 3 radical (unpaired) electrons.